The maximum absolute atomic E-state index is 13.9. The van der Waals surface area contributed by atoms with Crippen molar-refractivity contribution in [2.24, 2.45) is 0 Å². The lowest BCUT2D eigenvalue weighted by molar-refractivity contribution is 0.324. The summed E-state index contributed by atoms with van der Waals surface area (Å²) in [5, 5.41) is 6.08. The second kappa shape index (κ2) is 8.43. The fourth-order valence-corrected chi connectivity index (χ4v) is 2.67. The van der Waals surface area contributed by atoms with Gasteiger partial charge in [-0.3, -0.25) is 0 Å². The summed E-state index contributed by atoms with van der Waals surface area (Å²) in [4.78, 5) is 8.78. The molecule has 3 aromatic rings. The number of benzene rings is 2. The molecule has 1 heterocycles. The van der Waals surface area contributed by atoms with Gasteiger partial charge in [0.1, 0.15) is 11.6 Å². The Hall–Kier alpha value is -3.55. The van der Waals surface area contributed by atoms with E-state index in [9.17, 15) is 4.39 Å². The molecule has 146 valence electrons. The van der Waals surface area contributed by atoms with Crippen LogP contribution in [0.25, 0.3) is 0 Å². The highest BCUT2D eigenvalue weighted by Crippen LogP contribution is 2.40. The van der Waals surface area contributed by atoms with Crippen LogP contribution in [0.5, 0.6) is 17.2 Å². The summed E-state index contributed by atoms with van der Waals surface area (Å²) in [7, 11) is 4.62. The Kier molecular flexibility index (Phi) is 5.78. The van der Waals surface area contributed by atoms with Crippen molar-refractivity contribution in [2.75, 3.05) is 32.0 Å². The third-order valence-electron chi connectivity index (χ3n) is 3.91. The Bertz CT molecular complexity index is 956. The van der Waals surface area contributed by atoms with Crippen LogP contribution in [0, 0.1) is 12.7 Å². The minimum atomic E-state index is -0.363. The van der Waals surface area contributed by atoms with E-state index in [2.05, 4.69) is 20.6 Å². The van der Waals surface area contributed by atoms with E-state index >= 15 is 0 Å². The number of ether oxygens (including phenoxy) is 3. The monoisotopic (exact) mass is 384 g/mol. The SMILES string of the molecule is COc1cc(Nc2nc(C)cc(Nc3ccccc3F)n2)cc(OC)c1OC. The van der Waals surface area contributed by atoms with Gasteiger partial charge in [-0.05, 0) is 19.1 Å². The molecule has 0 amide bonds. The molecule has 0 bridgehead atoms. The fourth-order valence-electron chi connectivity index (χ4n) is 2.67. The van der Waals surface area contributed by atoms with Crippen LogP contribution in [0.15, 0.2) is 42.5 Å². The van der Waals surface area contributed by atoms with E-state index < -0.39 is 0 Å². The number of hydrogen-bond acceptors (Lipinski definition) is 7. The maximum atomic E-state index is 13.9. The first-order valence-electron chi connectivity index (χ1n) is 8.48. The highest BCUT2D eigenvalue weighted by Gasteiger charge is 2.14. The second-order valence-electron chi connectivity index (χ2n) is 5.86. The maximum Gasteiger partial charge on any atom is 0.229 e. The molecular weight excluding hydrogens is 363 g/mol. The Labute approximate surface area is 162 Å². The van der Waals surface area contributed by atoms with Crippen molar-refractivity contribution in [3.8, 4) is 17.2 Å². The third kappa shape index (κ3) is 4.22. The first-order valence-corrected chi connectivity index (χ1v) is 8.48. The lowest BCUT2D eigenvalue weighted by Crippen LogP contribution is -2.04. The molecular formula is C20H21FN4O3. The van der Waals surface area contributed by atoms with Gasteiger partial charge in [-0.25, -0.2) is 9.37 Å². The molecule has 7 nitrogen and oxygen atoms in total. The topological polar surface area (TPSA) is 77.5 Å². The van der Waals surface area contributed by atoms with Crippen LogP contribution >= 0.6 is 0 Å². The smallest absolute Gasteiger partial charge is 0.229 e. The number of nitrogens with one attached hydrogen (secondary N) is 2. The second-order valence-corrected chi connectivity index (χ2v) is 5.86. The van der Waals surface area contributed by atoms with Gasteiger partial charge in [0.2, 0.25) is 11.7 Å². The first-order chi connectivity index (χ1) is 13.5. The van der Waals surface area contributed by atoms with Gasteiger partial charge in [0.15, 0.2) is 11.5 Å². The van der Waals surface area contributed by atoms with Crippen LogP contribution in [0.1, 0.15) is 5.69 Å². The molecule has 0 unspecified atom stereocenters. The minimum absolute atomic E-state index is 0.333. The lowest BCUT2D eigenvalue weighted by atomic mass is 10.2. The Morgan fingerprint density at radius 2 is 1.54 bits per heavy atom. The van der Waals surface area contributed by atoms with Crippen LogP contribution in [0.4, 0.5) is 27.5 Å². The number of nitrogens with zero attached hydrogens (tertiary/aromatic N) is 2. The Morgan fingerprint density at radius 3 is 2.14 bits per heavy atom. The Balaban J connectivity index is 1.91. The van der Waals surface area contributed by atoms with E-state index in [1.807, 2.05) is 6.92 Å². The molecule has 0 spiro atoms. The molecule has 0 atom stereocenters. The van der Waals surface area contributed by atoms with Gasteiger partial charge in [-0.2, -0.15) is 4.98 Å². The Morgan fingerprint density at radius 1 is 0.857 bits per heavy atom. The highest BCUT2D eigenvalue weighted by molar-refractivity contribution is 5.66. The number of hydrogen-bond donors (Lipinski definition) is 2. The lowest BCUT2D eigenvalue weighted by Gasteiger charge is -2.15. The van der Waals surface area contributed by atoms with Crippen molar-refractivity contribution < 1.29 is 18.6 Å². The third-order valence-corrected chi connectivity index (χ3v) is 3.91. The molecule has 28 heavy (non-hydrogen) atoms. The zero-order chi connectivity index (χ0) is 20.1. The summed E-state index contributed by atoms with van der Waals surface area (Å²) < 4.78 is 29.9. The average Bonchev–Trinajstić information content (AvgIpc) is 2.68. The summed E-state index contributed by atoms with van der Waals surface area (Å²) >= 11 is 0. The number of para-hydroxylation sites is 1. The van der Waals surface area contributed by atoms with E-state index in [1.165, 1.54) is 13.2 Å². The summed E-state index contributed by atoms with van der Waals surface area (Å²) in [6, 6.07) is 11.6. The number of aryl methyl sites for hydroxylation is 1. The zero-order valence-electron chi connectivity index (χ0n) is 16.0. The van der Waals surface area contributed by atoms with Crippen molar-refractivity contribution in [3.05, 3.63) is 54.0 Å². The van der Waals surface area contributed by atoms with Crippen molar-refractivity contribution in [2.45, 2.75) is 6.92 Å². The normalized spacial score (nSPS) is 10.3. The molecule has 0 saturated carbocycles. The standard InChI is InChI=1S/C20H21FN4O3/c1-12-9-18(24-15-8-6-5-7-14(15)21)25-20(22-12)23-13-10-16(26-2)19(28-4)17(11-13)27-3/h5-11H,1-4H3,(H2,22,23,24,25). The zero-order valence-corrected chi connectivity index (χ0v) is 16.0. The van der Waals surface area contributed by atoms with Gasteiger partial charge in [0.25, 0.3) is 0 Å². The van der Waals surface area contributed by atoms with Crippen LogP contribution in [0.3, 0.4) is 0 Å². The number of methoxy groups -OCH3 is 3. The van der Waals surface area contributed by atoms with E-state index in [1.54, 1.807) is 50.6 Å². The molecule has 0 saturated heterocycles. The van der Waals surface area contributed by atoms with Gasteiger partial charge in [0.05, 0.1) is 27.0 Å². The van der Waals surface area contributed by atoms with Crippen LogP contribution in [-0.4, -0.2) is 31.3 Å². The number of rotatable bonds is 7. The molecule has 2 N–H and O–H groups in total. The van der Waals surface area contributed by atoms with Crippen LogP contribution < -0.4 is 24.8 Å². The van der Waals surface area contributed by atoms with E-state index in [0.717, 1.165) is 0 Å². The summed E-state index contributed by atoms with van der Waals surface area (Å²) in [6.45, 7) is 1.83. The van der Waals surface area contributed by atoms with Gasteiger partial charge in [0, 0.05) is 29.6 Å². The van der Waals surface area contributed by atoms with Crippen molar-refractivity contribution in [3.63, 3.8) is 0 Å². The molecule has 0 fully saturated rings. The summed E-state index contributed by atoms with van der Waals surface area (Å²) in [5.41, 5.74) is 1.69. The highest BCUT2D eigenvalue weighted by atomic mass is 19.1. The van der Waals surface area contributed by atoms with Gasteiger partial charge < -0.3 is 24.8 Å². The molecule has 8 heteroatoms. The van der Waals surface area contributed by atoms with Gasteiger partial charge >= 0.3 is 0 Å². The fraction of sp³-hybridized carbons (Fsp3) is 0.200. The van der Waals surface area contributed by atoms with E-state index in [4.69, 9.17) is 14.2 Å². The molecule has 2 aromatic carbocycles. The molecule has 0 aliphatic rings. The molecule has 0 aliphatic heterocycles. The first kappa shape index (κ1) is 19.2. The van der Waals surface area contributed by atoms with Gasteiger partial charge in [-0.15, -0.1) is 0 Å². The van der Waals surface area contributed by atoms with Crippen LogP contribution in [0.2, 0.25) is 0 Å². The quantitative estimate of drug-likeness (QED) is 0.624. The van der Waals surface area contributed by atoms with E-state index in [0.29, 0.717) is 46.1 Å². The van der Waals surface area contributed by atoms with Gasteiger partial charge in [-0.1, -0.05) is 12.1 Å². The van der Waals surface area contributed by atoms with Crippen molar-refractivity contribution >= 4 is 23.1 Å². The molecule has 3 rings (SSSR count). The average molecular weight is 384 g/mol. The molecule has 0 aliphatic carbocycles. The number of halogens is 1. The molecule has 0 radical (unpaired) electrons. The number of anilines is 4. The number of aromatic nitrogens is 2. The summed E-state index contributed by atoms with van der Waals surface area (Å²) in [6.07, 6.45) is 0. The molecule has 1 aromatic heterocycles. The van der Waals surface area contributed by atoms with E-state index in [-0.39, 0.29) is 5.82 Å². The van der Waals surface area contributed by atoms with Crippen molar-refractivity contribution in [1.29, 1.82) is 0 Å². The predicted molar refractivity (Wildman–Crippen MR) is 106 cm³/mol. The summed E-state index contributed by atoms with van der Waals surface area (Å²) in [5.74, 6) is 1.93. The predicted octanol–water partition coefficient (Wildman–Crippen LogP) is 4.44. The largest absolute Gasteiger partial charge is 0.493 e. The minimum Gasteiger partial charge on any atom is -0.493 e. The van der Waals surface area contributed by atoms with Crippen molar-refractivity contribution in [1.82, 2.24) is 9.97 Å². The van der Waals surface area contributed by atoms with Crippen LogP contribution in [-0.2, 0) is 0 Å².